The van der Waals surface area contributed by atoms with E-state index >= 15 is 0 Å². The van der Waals surface area contributed by atoms with Crippen LogP contribution in [-0.2, 0) is 5.11 Å². The molecule has 0 aliphatic carbocycles. The van der Waals surface area contributed by atoms with Gasteiger partial charge in [0.25, 0.3) is 6.16 Å². The summed E-state index contributed by atoms with van der Waals surface area (Å²) in [6.45, 7) is 0. The number of carbonyl (C=O) groups is 1. The van der Waals surface area contributed by atoms with Crippen molar-refractivity contribution in [3.05, 3.63) is 0 Å². The van der Waals surface area contributed by atoms with Crippen LogP contribution in [0.5, 0.6) is 0 Å². The molecule has 3 nitrogen and oxygen atoms in total. The molecule has 0 fully saturated rings. The van der Waals surface area contributed by atoms with Gasteiger partial charge in [0.1, 0.15) is 0 Å². The molecule has 0 rings (SSSR count). The zero-order chi connectivity index (χ0) is 3.58. The van der Waals surface area contributed by atoms with Crippen LogP contribution in [0.4, 0.5) is 4.79 Å². The normalized spacial score (nSPS) is 6.00. The summed E-state index contributed by atoms with van der Waals surface area (Å²) in [6, 6.07) is 0. The summed E-state index contributed by atoms with van der Waals surface area (Å²) in [5.74, 6) is 0. The molecule has 23 valence electrons. The Morgan fingerprint density at radius 2 is 1.75 bits per heavy atom. The minimum Gasteiger partial charge on any atom is -0.424 e. The van der Waals surface area contributed by atoms with Crippen molar-refractivity contribution in [2.24, 2.45) is 0 Å². The van der Waals surface area contributed by atoms with Crippen LogP contribution in [0.15, 0.2) is 0 Å². The molecule has 0 aliphatic heterocycles. The molecule has 0 saturated heterocycles. The first-order chi connectivity index (χ1) is 1.73. The summed E-state index contributed by atoms with van der Waals surface area (Å²) < 4.78 is 0. The van der Waals surface area contributed by atoms with E-state index in [1.165, 1.54) is 0 Å². The van der Waals surface area contributed by atoms with Gasteiger partial charge in [-0.15, -0.1) is 0 Å². The van der Waals surface area contributed by atoms with Gasteiger partial charge in [0.05, 0.1) is 0 Å². The van der Waals surface area contributed by atoms with Gasteiger partial charge in [0.15, 0.2) is 0 Å². The maximum Gasteiger partial charge on any atom is 0.273 e. The minimum absolute atomic E-state index is 2.33. The fourth-order valence-corrected chi connectivity index (χ4v) is 0. The molecule has 0 amide bonds. The van der Waals surface area contributed by atoms with Gasteiger partial charge < -0.3 is 15.0 Å². The average molecular weight is 60.0 g/mol. The van der Waals surface area contributed by atoms with E-state index in [9.17, 15) is 0 Å². The van der Waals surface area contributed by atoms with Crippen LogP contribution in [0.1, 0.15) is 0 Å². The summed E-state index contributed by atoms with van der Waals surface area (Å²) >= 11 is 0. The lowest BCUT2D eigenvalue weighted by molar-refractivity contribution is -0.283. The van der Waals surface area contributed by atoms with E-state index in [2.05, 4.69) is 0 Å². The molecule has 0 aromatic heterocycles. The van der Waals surface area contributed by atoms with E-state index in [1.807, 2.05) is 0 Å². The van der Waals surface area contributed by atoms with Crippen LogP contribution in [0.2, 0.25) is 0 Å². The third-order valence-corrected chi connectivity index (χ3v) is 0. The van der Waals surface area contributed by atoms with Gasteiger partial charge in [-0.1, -0.05) is 0 Å². The number of rotatable bonds is 0. The van der Waals surface area contributed by atoms with Crippen molar-refractivity contribution in [3.63, 3.8) is 0 Å². The SMILES string of the molecule is [O]C(=O)[O-]. The predicted octanol–water partition coefficient (Wildman–Crippen LogP) is -1.24. The second-order valence-corrected chi connectivity index (χ2v) is 0.250. The van der Waals surface area contributed by atoms with Gasteiger partial charge in [0, 0.05) is 0 Å². The number of carbonyl (C=O) groups excluding carboxylic acids is 1. The summed E-state index contributed by atoms with van der Waals surface area (Å²) in [7, 11) is 0. The van der Waals surface area contributed by atoms with E-state index in [4.69, 9.17) is 15.0 Å². The molecule has 4 heavy (non-hydrogen) atoms. The number of carboxylic acid groups (broad SMARTS) is 1. The molecule has 0 aromatic rings. The zero-order valence-electron chi connectivity index (χ0n) is 1.72. The Labute approximate surface area is 22.5 Å². The number of hydrogen-bond donors (Lipinski definition) is 0. The molecule has 0 atom stereocenters. The van der Waals surface area contributed by atoms with Gasteiger partial charge in [-0.2, -0.15) is 0 Å². The Hall–Kier alpha value is -0.730. The Bertz CT molecular complexity index is 26.3. The highest BCUT2D eigenvalue weighted by Crippen LogP contribution is 1.35. The maximum atomic E-state index is 8.33. The lowest BCUT2D eigenvalue weighted by Gasteiger charge is -1.69. The van der Waals surface area contributed by atoms with Crippen LogP contribution >= 0.6 is 0 Å². The first-order valence-electron chi connectivity index (χ1n) is 0.612. The topological polar surface area (TPSA) is 60.0 Å². The molecule has 0 spiro atoms. The molecule has 0 N–H and O–H groups in total. The standard InChI is InChI=1S/CHO3/c2-1(3)4/h(H,2,3)/p-1. The fourth-order valence-electron chi connectivity index (χ4n) is 0. The van der Waals surface area contributed by atoms with Crippen molar-refractivity contribution < 1.29 is 15.0 Å². The minimum atomic E-state index is -2.33. The van der Waals surface area contributed by atoms with Crippen molar-refractivity contribution in [2.75, 3.05) is 0 Å². The molecule has 3 heteroatoms. The second kappa shape index (κ2) is 0.711. The van der Waals surface area contributed by atoms with E-state index in [1.54, 1.807) is 0 Å². The maximum absolute atomic E-state index is 8.33. The first kappa shape index (κ1) is 3.27. The molecule has 0 unspecified atom stereocenters. The monoisotopic (exact) mass is 60.0 g/mol. The van der Waals surface area contributed by atoms with E-state index < -0.39 is 6.16 Å². The quantitative estimate of drug-likeness (QED) is 0.351. The van der Waals surface area contributed by atoms with Crippen molar-refractivity contribution in [1.29, 1.82) is 0 Å². The molecular weight excluding hydrogens is 60.0 g/mol. The van der Waals surface area contributed by atoms with Gasteiger partial charge >= 0.3 is 0 Å². The average Bonchev–Trinajstić information content (AvgIpc) is 0.811. The lowest BCUT2D eigenvalue weighted by atomic mass is 11.5. The smallest absolute Gasteiger partial charge is 0.273 e. The van der Waals surface area contributed by atoms with Gasteiger partial charge in [-0.05, 0) is 0 Å². The summed E-state index contributed by atoms with van der Waals surface area (Å²) in [6.07, 6.45) is -2.33. The first-order valence-corrected chi connectivity index (χ1v) is 0.612. The Morgan fingerprint density at radius 3 is 1.75 bits per heavy atom. The summed E-state index contributed by atoms with van der Waals surface area (Å²) in [5.41, 5.74) is 0. The van der Waals surface area contributed by atoms with Gasteiger partial charge in [0.2, 0.25) is 0 Å². The largest absolute Gasteiger partial charge is 0.424 e. The van der Waals surface area contributed by atoms with E-state index in [0.29, 0.717) is 0 Å². The highest BCUT2D eigenvalue weighted by molar-refractivity contribution is 5.50. The van der Waals surface area contributed by atoms with Crippen molar-refractivity contribution in [3.8, 4) is 0 Å². The Kier molecular flexibility index (Phi) is 0.581. The second-order valence-electron chi connectivity index (χ2n) is 0.250. The van der Waals surface area contributed by atoms with E-state index in [-0.39, 0.29) is 0 Å². The number of hydrogen-bond acceptors (Lipinski definition) is 2. The van der Waals surface area contributed by atoms with Crippen molar-refractivity contribution in [1.82, 2.24) is 0 Å². The Balaban J connectivity index is 2.80. The highest BCUT2D eigenvalue weighted by Gasteiger charge is 1.54. The van der Waals surface area contributed by atoms with Crippen LogP contribution in [-0.4, -0.2) is 6.16 Å². The van der Waals surface area contributed by atoms with Crippen LogP contribution in [0, 0.1) is 0 Å². The van der Waals surface area contributed by atoms with Crippen LogP contribution in [0.25, 0.3) is 0 Å². The third-order valence-electron chi connectivity index (χ3n) is 0. The van der Waals surface area contributed by atoms with Crippen LogP contribution < -0.4 is 5.11 Å². The molecule has 0 heterocycles. The van der Waals surface area contributed by atoms with Crippen molar-refractivity contribution in [2.45, 2.75) is 0 Å². The molecular formula is CO3-. The zero-order valence-corrected chi connectivity index (χ0v) is 1.72. The van der Waals surface area contributed by atoms with Gasteiger partial charge in [-0.3, -0.25) is 0 Å². The van der Waals surface area contributed by atoms with Crippen LogP contribution in [0.3, 0.4) is 0 Å². The lowest BCUT2D eigenvalue weighted by Crippen LogP contribution is -2.16. The molecule has 0 aliphatic rings. The Morgan fingerprint density at radius 1 is 1.75 bits per heavy atom. The van der Waals surface area contributed by atoms with Crippen molar-refractivity contribution >= 4 is 6.16 Å². The molecule has 1 radical (unpaired) electrons. The highest BCUT2D eigenvalue weighted by atomic mass is 16.6. The third kappa shape index (κ3) is 0.174. The molecule has 0 aromatic carbocycles. The summed E-state index contributed by atoms with van der Waals surface area (Å²) in [4.78, 5) is 8.33. The summed E-state index contributed by atoms with van der Waals surface area (Å²) in [5, 5.41) is 16.7. The molecule has 0 saturated carbocycles. The molecule has 0 bridgehead atoms. The van der Waals surface area contributed by atoms with Gasteiger partial charge in [-0.25, -0.2) is 0 Å². The van der Waals surface area contributed by atoms with E-state index in [0.717, 1.165) is 0 Å². The fraction of sp³-hybridized carbons (Fsp3) is 0. The predicted molar refractivity (Wildman–Crippen MR) is 6.08 cm³/mol.